The molecule has 0 bridgehead atoms. The third kappa shape index (κ3) is 3.87. The lowest BCUT2D eigenvalue weighted by Crippen LogP contribution is -2.54. The van der Waals surface area contributed by atoms with E-state index in [2.05, 4.69) is 10.6 Å². The van der Waals surface area contributed by atoms with Gasteiger partial charge in [0, 0.05) is 31.1 Å². The minimum atomic E-state index is -1.38. The number of rotatable bonds is 5. The van der Waals surface area contributed by atoms with Crippen LogP contribution in [0.15, 0.2) is 30.3 Å². The van der Waals surface area contributed by atoms with Gasteiger partial charge < -0.3 is 19.9 Å². The zero-order chi connectivity index (χ0) is 20.3. The molecule has 0 saturated heterocycles. The van der Waals surface area contributed by atoms with E-state index in [1.165, 1.54) is 14.0 Å². The Balaban J connectivity index is 1.77. The number of aromatic nitrogens is 1. The molecule has 7 nitrogen and oxygen atoms in total. The Kier molecular flexibility index (Phi) is 5.71. The first-order valence-electron chi connectivity index (χ1n) is 9.52. The van der Waals surface area contributed by atoms with Gasteiger partial charge in [0.15, 0.2) is 0 Å². The molecule has 1 saturated carbocycles. The van der Waals surface area contributed by atoms with Gasteiger partial charge in [-0.1, -0.05) is 31.0 Å². The molecule has 1 aliphatic carbocycles. The highest BCUT2D eigenvalue weighted by Crippen LogP contribution is 2.26. The van der Waals surface area contributed by atoms with Crippen molar-refractivity contribution in [2.45, 2.75) is 44.4 Å². The number of methoxy groups -OCH3 is 1. The number of nitrogens with zero attached hydrogens (tertiary/aromatic N) is 2. The van der Waals surface area contributed by atoms with Crippen molar-refractivity contribution in [1.29, 1.82) is 5.26 Å². The molecule has 7 heteroatoms. The summed E-state index contributed by atoms with van der Waals surface area (Å²) < 4.78 is 6.96. The molecule has 2 N–H and O–H groups in total. The Morgan fingerprint density at radius 3 is 2.68 bits per heavy atom. The van der Waals surface area contributed by atoms with Gasteiger partial charge in [-0.3, -0.25) is 9.59 Å². The summed E-state index contributed by atoms with van der Waals surface area (Å²) in [6.07, 6.45) is 3.25. The molecule has 148 valence electrons. The second-order valence-electron chi connectivity index (χ2n) is 7.46. The lowest BCUT2D eigenvalue weighted by molar-refractivity contribution is -0.132. The summed E-state index contributed by atoms with van der Waals surface area (Å²) >= 11 is 0. The minimum Gasteiger partial charge on any atom is -0.347 e. The van der Waals surface area contributed by atoms with Gasteiger partial charge in [-0.2, -0.15) is 5.26 Å². The van der Waals surface area contributed by atoms with Crippen LogP contribution < -0.4 is 10.6 Å². The number of ether oxygens (including phenoxy) is 1. The third-order valence-corrected chi connectivity index (χ3v) is 5.59. The summed E-state index contributed by atoms with van der Waals surface area (Å²) in [5.41, 5.74) is 0.166. The van der Waals surface area contributed by atoms with Crippen LogP contribution in [-0.2, 0) is 16.6 Å². The summed E-state index contributed by atoms with van der Waals surface area (Å²) in [5, 5.41) is 15.9. The van der Waals surface area contributed by atoms with Crippen molar-refractivity contribution < 1.29 is 14.3 Å². The van der Waals surface area contributed by atoms with Crippen LogP contribution in [0.1, 0.15) is 43.1 Å². The predicted molar refractivity (Wildman–Crippen MR) is 105 cm³/mol. The van der Waals surface area contributed by atoms with Crippen molar-refractivity contribution in [3.8, 4) is 6.07 Å². The number of para-hydroxylation sites is 1. The van der Waals surface area contributed by atoms with Gasteiger partial charge in [-0.15, -0.1) is 0 Å². The Morgan fingerprint density at radius 2 is 2.00 bits per heavy atom. The number of aryl methyl sites for hydroxylation is 1. The molecule has 1 heterocycles. The first-order valence-corrected chi connectivity index (χ1v) is 9.52. The van der Waals surface area contributed by atoms with Crippen LogP contribution in [0.25, 0.3) is 10.9 Å². The topological polar surface area (TPSA) is 96.2 Å². The summed E-state index contributed by atoms with van der Waals surface area (Å²) in [7, 11) is 3.24. The van der Waals surface area contributed by atoms with Crippen molar-refractivity contribution in [2.24, 2.45) is 13.0 Å². The molecule has 1 aliphatic rings. The van der Waals surface area contributed by atoms with Crippen LogP contribution in [0.4, 0.5) is 0 Å². The molecule has 28 heavy (non-hydrogen) atoms. The highest BCUT2D eigenvalue weighted by Gasteiger charge is 2.36. The summed E-state index contributed by atoms with van der Waals surface area (Å²) in [6.45, 7) is 1.51. The third-order valence-electron chi connectivity index (χ3n) is 5.59. The molecule has 3 atom stereocenters. The maximum atomic E-state index is 12.9. The molecule has 2 amide bonds. The standard InChI is InChI=1S/C21H26N4O3/c1-21(13-22,28-3)24-19(26)15-9-5-6-10-16(15)23-20(27)18-12-14-8-4-7-11-17(14)25(18)2/h4,7-8,11-12,15-16H,5-6,9-10H2,1-3H3,(H,23,27)(H,24,26)/t15-,16+,21-/m1/s1. The lowest BCUT2D eigenvalue weighted by atomic mass is 9.83. The summed E-state index contributed by atoms with van der Waals surface area (Å²) in [6, 6.07) is 11.4. The normalized spacial score (nSPS) is 21.5. The maximum Gasteiger partial charge on any atom is 0.268 e. The number of hydrogen-bond acceptors (Lipinski definition) is 4. The first kappa shape index (κ1) is 19.9. The lowest BCUT2D eigenvalue weighted by Gasteiger charge is -2.33. The number of nitriles is 1. The van der Waals surface area contributed by atoms with Crippen LogP contribution in [0.2, 0.25) is 0 Å². The molecule has 2 aromatic rings. The van der Waals surface area contributed by atoms with E-state index < -0.39 is 11.6 Å². The molecule has 0 radical (unpaired) electrons. The van der Waals surface area contributed by atoms with Crippen LogP contribution >= 0.6 is 0 Å². The monoisotopic (exact) mass is 382 g/mol. The van der Waals surface area contributed by atoms with Crippen molar-refractivity contribution in [2.75, 3.05) is 7.11 Å². The van der Waals surface area contributed by atoms with Crippen LogP contribution in [-0.4, -0.2) is 35.3 Å². The van der Waals surface area contributed by atoms with Crippen molar-refractivity contribution in [3.63, 3.8) is 0 Å². The van der Waals surface area contributed by atoms with Crippen LogP contribution in [0, 0.1) is 17.2 Å². The van der Waals surface area contributed by atoms with E-state index in [0.29, 0.717) is 12.1 Å². The van der Waals surface area contributed by atoms with Gasteiger partial charge in [-0.25, -0.2) is 0 Å². The SMILES string of the molecule is CO[C@](C)(C#N)NC(=O)[C@@H]1CCCC[C@@H]1NC(=O)c1cc2ccccc2n1C. The fraction of sp³-hybridized carbons (Fsp3) is 0.476. The second-order valence-corrected chi connectivity index (χ2v) is 7.46. The van der Waals surface area contributed by atoms with E-state index in [1.807, 2.05) is 48.0 Å². The number of carbonyl (C=O) groups is 2. The number of hydrogen-bond donors (Lipinski definition) is 2. The Labute approximate surface area is 164 Å². The predicted octanol–water partition coefficient (Wildman–Crippen LogP) is 2.47. The Hall–Kier alpha value is -2.85. The van der Waals surface area contributed by atoms with Gasteiger partial charge >= 0.3 is 0 Å². The smallest absolute Gasteiger partial charge is 0.268 e. The van der Waals surface area contributed by atoms with E-state index in [9.17, 15) is 14.9 Å². The highest BCUT2D eigenvalue weighted by molar-refractivity contribution is 5.99. The van der Waals surface area contributed by atoms with Gasteiger partial charge in [0.2, 0.25) is 11.6 Å². The number of amides is 2. The number of carbonyl (C=O) groups excluding carboxylic acids is 2. The molecular formula is C21H26N4O3. The minimum absolute atomic E-state index is 0.196. The molecule has 0 spiro atoms. The summed E-state index contributed by atoms with van der Waals surface area (Å²) in [5.74, 6) is -0.860. The number of nitrogens with one attached hydrogen (secondary N) is 2. The molecule has 1 aromatic carbocycles. The van der Waals surface area contributed by atoms with Crippen LogP contribution in [0.3, 0.4) is 0 Å². The van der Waals surface area contributed by atoms with E-state index in [0.717, 1.165) is 30.2 Å². The van der Waals surface area contributed by atoms with E-state index in [1.54, 1.807) is 0 Å². The van der Waals surface area contributed by atoms with Gasteiger partial charge in [0.05, 0.1) is 5.92 Å². The highest BCUT2D eigenvalue weighted by atomic mass is 16.5. The molecule has 0 unspecified atom stereocenters. The Morgan fingerprint density at radius 1 is 1.29 bits per heavy atom. The molecular weight excluding hydrogens is 356 g/mol. The summed E-state index contributed by atoms with van der Waals surface area (Å²) in [4.78, 5) is 25.7. The fourth-order valence-corrected chi connectivity index (χ4v) is 3.82. The average molecular weight is 382 g/mol. The van der Waals surface area contributed by atoms with Crippen molar-refractivity contribution in [3.05, 3.63) is 36.0 Å². The molecule has 0 aliphatic heterocycles. The maximum absolute atomic E-state index is 12.9. The molecule has 1 aromatic heterocycles. The zero-order valence-electron chi connectivity index (χ0n) is 16.5. The van der Waals surface area contributed by atoms with Crippen LogP contribution in [0.5, 0.6) is 0 Å². The van der Waals surface area contributed by atoms with Gasteiger partial charge in [0.25, 0.3) is 5.91 Å². The van der Waals surface area contributed by atoms with Crippen molar-refractivity contribution in [1.82, 2.24) is 15.2 Å². The van der Waals surface area contributed by atoms with Gasteiger partial charge in [-0.05, 0) is 31.9 Å². The molecule has 3 rings (SSSR count). The largest absolute Gasteiger partial charge is 0.347 e. The average Bonchev–Trinajstić information content (AvgIpc) is 3.05. The van der Waals surface area contributed by atoms with E-state index >= 15 is 0 Å². The quantitative estimate of drug-likeness (QED) is 0.777. The van der Waals surface area contributed by atoms with Gasteiger partial charge in [0.1, 0.15) is 11.8 Å². The molecule has 1 fully saturated rings. The zero-order valence-corrected chi connectivity index (χ0v) is 16.5. The van der Waals surface area contributed by atoms with Crippen molar-refractivity contribution >= 4 is 22.7 Å². The van der Waals surface area contributed by atoms with E-state index in [-0.39, 0.29) is 17.9 Å². The number of fused-ring (bicyclic) bond motifs is 1. The first-order chi connectivity index (χ1) is 13.4. The number of benzene rings is 1. The fourth-order valence-electron chi connectivity index (χ4n) is 3.82. The van der Waals surface area contributed by atoms with E-state index in [4.69, 9.17) is 4.74 Å². The second kappa shape index (κ2) is 8.03. The Bertz CT molecular complexity index is 929.